The Morgan fingerprint density at radius 2 is 1.90 bits per heavy atom. The van der Waals surface area contributed by atoms with Gasteiger partial charge in [-0.2, -0.15) is 0 Å². The molecular weight excluding hydrogens is 260 g/mol. The molecular formula is C18H30N2O. The van der Waals surface area contributed by atoms with Crippen LogP contribution in [0.5, 0.6) is 0 Å². The predicted octanol–water partition coefficient (Wildman–Crippen LogP) is 3.75. The predicted molar refractivity (Wildman–Crippen MR) is 90.4 cm³/mol. The lowest BCUT2D eigenvalue weighted by atomic mass is 9.80. The summed E-state index contributed by atoms with van der Waals surface area (Å²) in [5.41, 5.74) is 7.91. The molecule has 0 fully saturated rings. The van der Waals surface area contributed by atoms with Gasteiger partial charge in [0.25, 0.3) is 0 Å². The summed E-state index contributed by atoms with van der Waals surface area (Å²) >= 11 is 0. The number of para-hydroxylation sites is 1. The molecule has 1 atom stereocenters. The van der Waals surface area contributed by atoms with Crippen molar-refractivity contribution < 1.29 is 4.79 Å². The lowest BCUT2D eigenvalue weighted by Gasteiger charge is -2.30. The highest BCUT2D eigenvalue weighted by molar-refractivity contribution is 5.94. The standard InChI is InChI=1S/C18H30N2O/c1-14-9-6-7-10-16(14)20(12-8-11-19)17(21)13-15(2)18(3,4)5/h6-7,9-10,15H,8,11-13,19H2,1-5H3. The first-order valence-corrected chi connectivity index (χ1v) is 7.83. The van der Waals surface area contributed by atoms with E-state index < -0.39 is 0 Å². The molecule has 1 rings (SSSR count). The van der Waals surface area contributed by atoms with Crippen LogP contribution < -0.4 is 10.6 Å². The summed E-state index contributed by atoms with van der Waals surface area (Å²) < 4.78 is 0. The first-order valence-electron chi connectivity index (χ1n) is 7.83. The quantitative estimate of drug-likeness (QED) is 0.867. The van der Waals surface area contributed by atoms with Gasteiger partial charge in [-0.25, -0.2) is 0 Å². The molecule has 0 aromatic heterocycles. The van der Waals surface area contributed by atoms with Crippen molar-refractivity contribution in [2.75, 3.05) is 18.0 Å². The third-order valence-electron chi connectivity index (χ3n) is 4.25. The van der Waals surface area contributed by atoms with Crippen LogP contribution >= 0.6 is 0 Å². The number of rotatable bonds is 6. The summed E-state index contributed by atoms with van der Waals surface area (Å²) in [5, 5.41) is 0. The third-order valence-corrected chi connectivity index (χ3v) is 4.25. The van der Waals surface area contributed by atoms with Crippen LogP contribution in [0, 0.1) is 18.3 Å². The highest BCUT2D eigenvalue weighted by Gasteiger charge is 2.26. The number of aryl methyl sites for hydroxylation is 1. The van der Waals surface area contributed by atoms with E-state index in [4.69, 9.17) is 5.73 Å². The molecule has 1 aromatic carbocycles. The average molecular weight is 290 g/mol. The summed E-state index contributed by atoms with van der Waals surface area (Å²) in [6.07, 6.45) is 1.40. The molecule has 3 nitrogen and oxygen atoms in total. The maximum Gasteiger partial charge on any atom is 0.227 e. The van der Waals surface area contributed by atoms with Crippen LogP contribution in [-0.2, 0) is 4.79 Å². The van der Waals surface area contributed by atoms with Gasteiger partial charge in [-0.3, -0.25) is 4.79 Å². The van der Waals surface area contributed by atoms with Gasteiger partial charge in [-0.15, -0.1) is 0 Å². The van der Waals surface area contributed by atoms with Crippen LogP contribution in [0.25, 0.3) is 0 Å². The van der Waals surface area contributed by atoms with Gasteiger partial charge in [0.2, 0.25) is 5.91 Å². The Morgan fingerprint density at radius 1 is 1.29 bits per heavy atom. The van der Waals surface area contributed by atoms with Crippen molar-refractivity contribution in [1.29, 1.82) is 0 Å². The largest absolute Gasteiger partial charge is 0.330 e. The summed E-state index contributed by atoms with van der Waals surface area (Å²) in [4.78, 5) is 14.7. The van der Waals surface area contributed by atoms with Gasteiger partial charge in [0.1, 0.15) is 0 Å². The Kier molecular flexibility index (Phi) is 6.41. The van der Waals surface area contributed by atoms with Crippen LogP contribution in [0.15, 0.2) is 24.3 Å². The molecule has 118 valence electrons. The summed E-state index contributed by atoms with van der Waals surface area (Å²) in [6, 6.07) is 8.05. The van der Waals surface area contributed by atoms with E-state index in [1.807, 2.05) is 36.1 Å². The maximum absolute atomic E-state index is 12.7. The second-order valence-electron chi connectivity index (χ2n) is 6.95. The van der Waals surface area contributed by atoms with Crippen LogP contribution in [0.1, 0.15) is 46.1 Å². The highest BCUT2D eigenvalue weighted by atomic mass is 16.2. The minimum absolute atomic E-state index is 0.140. The Balaban J connectivity index is 2.93. The smallest absolute Gasteiger partial charge is 0.227 e. The number of nitrogens with zero attached hydrogens (tertiary/aromatic N) is 1. The molecule has 0 bridgehead atoms. The normalized spacial score (nSPS) is 13.0. The Bertz CT molecular complexity index is 463. The van der Waals surface area contributed by atoms with Crippen molar-refractivity contribution in [3.8, 4) is 0 Å². The molecule has 1 unspecified atom stereocenters. The van der Waals surface area contributed by atoms with Crippen LogP contribution in [-0.4, -0.2) is 19.0 Å². The molecule has 0 spiro atoms. The van der Waals surface area contributed by atoms with E-state index in [-0.39, 0.29) is 11.3 Å². The topological polar surface area (TPSA) is 46.3 Å². The SMILES string of the molecule is Cc1ccccc1N(CCCN)C(=O)CC(C)C(C)(C)C. The molecule has 0 heterocycles. The summed E-state index contributed by atoms with van der Waals surface area (Å²) in [5.74, 6) is 0.537. The summed E-state index contributed by atoms with van der Waals surface area (Å²) in [7, 11) is 0. The molecule has 0 saturated heterocycles. The van der Waals surface area contributed by atoms with E-state index >= 15 is 0 Å². The first-order chi connectivity index (χ1) is 9.77. The molecule has 1 amide bonds. The molecule has 0 radical (unpaired) electrons. The fraction of sp³-hybridized carbons (Fsp3) is 0.611. The van der Waals surface area contributed by atoms with Crippen molar-refractivity contribution in [3.63, 3.8) is 0 Å². The van der Waals surface area contributed by atoms with Gasteiger partial charge in [0, 0.05) is 18.7 Å². The number of hydrogen-bond acceptors (Lipinski definition) is 2. The molecule has 0 aliphatic heterocycles. The van der Waals surface area contributed by atoms with Crippen molar-refractivity contribution in [3.05, 3.63) is 29.8 Å². The second-order valence-corrected chi connectivity index (χ2v) is 6.95. The number of hydrogen-bond donors (Lipinski definition) is 1. The Morgan fingerprint density at radius 3 is 2.43 bits per heavy atom. The number of anilines is 1. The molecule has 0 aliphatic rings. The molecule has 0 saturated carbocycles. The molecule has 0 aliphatic carbocycles. The van der Waals surface area contributed by atoms with Gasteiger partial charge < -0.3 is 10.6 Å². The van der Waals surface area contributed by atoms with Gasteiger partial charge in [0.05, 0.1) is 0 Å². The Labute approximate surface area is 129 Å². The summed E-state index contributed by atoms with van der Waals surface area (Å²) in [6.45, 7) is 12.0. The van der Waals surface area contributed by atoms with Crippen molar-refractivity contribution >= 4 is 11.6 Å². The number of nitrogens with two attached hydrogens (primary N) is 1. The van der Waals surface area contributed by atoms with E-state index in [0.29, 0.717) is 25.4 Å². The molecule has 3 heteroatoms. The highest BCUT2D eigenvalue weighted by Crippen LogP contribution is 2.30. The van der Waals surface area contributed by atoms with Gasteiger partial charge in [-0.05, 0) is 42.9 Å². The van der Waals surface area contributed by atoms with E-state index in [9.17, 15) is 4.79 Å². The monoisotopic (exact) mass is 290 g/mol. The van der Waals surface area contributed by atoms with E-state index in [2.05, 4.69) is 27.7 Å². The lowest BCUT2D eigenvalue weighted by Crippen LogP contribution is -2.36. The zero-order valence-electron chi connectivity index (χ0n) is 14.1. The van der Waals surface area contributed by atoms with Gasteiger partial charge in [0.15, 0.2) is 0 Å². The van der Waals surface area contributed by atoms with Crippen molar-refractivity contribution in [2.24, 2.45) is 17.1 Å². The minimum Gasteiger partial charge on any atom is -0.330 e. The zero-order chi connectivity index (χ0) is 16.0. The van der Waals surface area contributed by atoms with Crippen LogP contribution in [0.2, 0.25) is 0 Å². The fourth-order valence-corrected chi connectivity index (χ4v) is 2.17. The maximum atomic E-state index is 12.7. The number of carbonyl (C=O) groups is 1. The third kappa shape index (κ3) is 5.16. The van der Waals surface area contributed by atoms with Gasteiger partial charge in [-0.1, -0.05) is 45.9 Å². The average Bonchev–Trinajstić information content (AvgIpc) is 2.40. The van der Waals surface area contributed by atoms with Crippen molar-refractivity contribution in [2.45, 2.75) is 47.5 Å². The van der Waals surface area contributed by atoms with E-state index in [1.165, 1.54) is 0 Å². The fourth-order valence-electron chi connectivity index (χ4n) is 2.17. The molecule has 1 aromatic rings. The lowest BCUT2D eigenvalue weighted by molar-refractivity contribution is -0.120. The Hall–Kier alpha value is -1.35. The van der Waals surface area contributed by atoms with Crippen LogP contribution in [0.3, 0.4) is 0 Å². The van der Waals surface area contributed by atoms with E-state index in [1.54, 1.807) is 0 Å². The number of benzene rings is 1. The molecule has 21 heavy (non-hydrogen) atoms. The van der Waals surface area contributed by atoms with E-state index in [0.717, 1.165) is 17.7 Å². The molecule has 2 N–H and O–H groups in total. The zero-order valence-corrected chi connectivity index (χ0v) is 14.1. The van der Waals surface area contributed by atoms with Crippen molar-refractivity contribution in [1.82, 2.24) is 0 Å². The van der Waals surface area contributed by atoms with Gasteiger partial charge >= 0.3 is 0 Å². The minimum atomic E-state index is 0.140. The van der Waals surface area contributed by atoms with Crippen LogP contribution in [0.4, 0.5) is 5.69 Å². The number of carbonyl (C=O) groups excluding carboxylic acids is 1. The number of amides is 1. The second kappa shape index (κ2) is 7.60. The first kappa shape index (κ1) is 17.7.